The summed E-state index contributed by atoms with van der Waals surface area (Å²) in [6, 6.07) is 11.5. The number of anilines is 2. The lowest BCUT2D eigenvalue weighted by Gasteiger charge is -2.27. The van der Waals surface area contributed by atoms with Crippen LogP contribution in [0.15, 0.2) is 48.5 Å². The fraction of sp³-hybridized carbons (Fsp3) is 0.190. The number of hydrogen-bond acceptors (Lipinski definition) is 3. The van der Waals surface area contributed by atoms with Crippen molar-refractivity contribution in [3.05, 3.63) is 77.0 Å². The molecule has 0 fully saturated rings. The van der Waals surface area contributed by atoms with Crippen LogP contribution in [0, 0.1) is 18.6 Å². The van der Waals surface area contributed by atoms with Gasteiger partial charge in [0.2, 0.25) is 5.91 Å². The van der Waals surface area contributed by atoms with E-state index in [1.165, 1.54) is 6.07 Å². The third-order valence-corrected chi connectivity index (χ3v) is 4.73. The van der Waals surface area contributed by atoms with E-state index in [2.05, 4.69) is 10.4 Å². The van der Waals surface area contributed by atoms with Gasteiger partial charge in [0.1, 0.15) is 17.5 Å². The third-order valence-electron chi connectivity index (χ3n) is 4.73. The van der Waals surface area contributed by atoms with Crippen LogP contribution in [0.2, 0.25) is 0 Å². The highest BCUT2D eigenvalue weighted by Gasteiger charge is 2.25. The van der Waals surface area contributed by atoms with Crippen LogP contribution in [0.1, 0.15) is 28.0 Å². The second kappa shape index (κ2) is 7.46. The van der Waals surface area contributed by atoms with Crippen molar-refractivity contribution >= 4 is 23.3 Å². The molecule has 0 bridgehead atoms. The number of amides is 2. The quantitative estimate of drug-likeness (QED) is 0.732. The molecule has 0 saturated carbocycles. The maximum absolute atomic E-state index is 13.7. The summed E-state index contributed by atoms with van der Waals surface area (Å²) in [7, 11) is 0. The van der Waals surface area contributed by atoms with Gasteiger partial charge in [-0.15, -0.1) is 0 Å². The number of benzene rings is 2. The molecule has 3 aromatic rings. The molecule has 29 heavy (non-hydrogen) atoms. The molecule has 1 aromatic heterocycles. The Morgan fingerprint density at radius 2 is 1.90 bits per heavy atom. The van der Waals surface area contributed by atoms with Gasteiger partial charge in [0.15, 0.2) is 0 Å². The van der Waals surface area contributed by atoms with E-state index in [1.807, 2.05) is 17.7 Å². The Morgan fingerprint density at radius 3 is 2.62 bits per heavy atom. The average Bonchev–Trinajstić information content (AvgIpc) is 3.07. The molecular formula is C21H18F2N4O2. The number of carbonyl (C=O) groups is 2. The fourth-order valence-corrected chi connectivity index (χ4v) is 3.28. The van der Waals surface area contributed by atoms with Crippen LogP contribution in [0.4, 0.5) is 20.3 Å². The van der Waals surface area contributed by atoms with Crippen LogP contribution in [0.25, 0.3) is 0 Å². The van der Waals surface area contributed by atoms with Crippen LogP contribution in [0.3, 0.4) is 0 Å². The molecule has 2 heterocycles. The predicted molar refractivity (Wildman–Crippen MR) is 104 cm³/mol. The first-order valence-electron chi connectivity index (χ1n) is 9.11. The zero-order valence-corrected chi connectivity index (χ0v) is 15.7. The molecule has 2 aromatic carbocycles. The van der Waals surface area contributed by atoms with Gasteiger partial charge in [-0.3, -0.25) is 14.5 Å². The first-order chi connectivity index (χ1) is 13.9. The molecule has 0 radical (unpaired) electrons. The maximum Gasteiger partial charge on any atom is 0.255 e. The molecule has 0 unspecified atom stereocenters. The zero-order valence-electron chi connectivity index (χ0n) is 15.7. The van der Waals surface area contributed by atoms with Gasteiger partial charge in [-0.2, -0.15) is 5.10 Å². The lowest BCUT2D eigenvalue weighted by Crippen LogP contribution is -2.36. The van der Waals surface area contributed by atoms with Gasteiger partial charge in [-0.25, -0.2) is 13.5 Å². The van der Waals surface area contributed by atoms with E-state index in [-0.39, 0.29) is 11.6 Å². The van der Waals surface area contributed by atoms with Gasteiger partial charge in [0.05, 0.1) is 24.5 Å². The lowest BCUT2D eigenvalue weighted by molar-refractivity contribution is -0.119. The summed E-state index contributed by atoms with van der Waals surface area (Å²) >= 11 is 0. The topological polar surface area (TPSA) is 67.2 Å². The Kier molecular flexibility index (Phi) is 4.84. The molecule has 0 spiro atoms. The van der Waals surface area contributed by atoms with Crippen molar-refractivity contribution in [1.29, 1.82) is 0 Å². The van der Waals surface area contributed by atoms with Gasteiger partial charge < -0.3 is 5.32 Å². The molecule has 0 aliphatic carbocycles. The van der Waals surface area contributed by atoms with Crippen molar-refractivity contribution in [1.82, 2.24) is 9.78 Å². The Labute approximate surface area is 165 Å². The van der Waals surface area contributed by atoms with Crippen molar-refractivity contribution in [3.8, 4) is 0 Å². The monoisotopic (exact) mass is 396 g/mol. The van der Waals surface area contributed by atoms with E-state index in [1.54, 1.807) is 29.2 Å². The van der Waals surface area contributed by atoms with E-state index >= 15 is 0 Å². The van der Waals surface area contributed by atoms with Crippen molar-refractivity contribution in [2.45, 2.75) is 26.4 Å². The summed E-state index contributed by atoms with van der Waals surface area (Å²) in [5.41, 5.74) is 1.92. The molecule has 1 N–H and O–H groups in total. The first kappa shape index (κ1) is 18.8. The Hall–Kier alpha value is -3.55. The van der Waals surface area contributed by atoms with Crippen LogP contribution < -0.4 is 10.2 Å². The van der Waals surface area contributed by atoms with Gasteiger partial charge in [0.25, 0.3) is 5.91 Å². The van der Waals surface area contributed by atoms with Gasteiger partial charge >= 0.3 is 0 Å². The molecule has 0 atom stereocenters. The second-order valence-corrected chi connectivity index (χ2v) is 6.87. The molecule has 1 aliphatic rings. The molecule has 2 amide bonds. The number of rotatable bonds is 4. The number of halogens is 2. The highest BCUT2D eigenvalue weighted by molar-refractivity contribution is 6.04. The van der Waals surface area contributed by atoms with Gasteiger partial charge in [0, 0.05) is 24.1 Å². The Balaban J connectivity index is 1.48. The number of nitrogens with zero attached hydrogens (tertiary/aromatic N) is 3. The van der Waals surface area contributed by atoms with E-state index in [0.717, 1.165) is 23.1 Å². The van der Waals surface area contributed by atoms with Crippen molar-refractivity contribution in [2.24, 2.45) is 0 Å². The maximum atomic E-state index is 13.7. The second-order valence-electron chi connectivity index (χ2n) is 6.87. The first-order valence-corrected chi connectivity index (χ1v) is 9.11. The SMILES string of the molecule is Cc1cc2n(n1)CCC(=O)N2Cc1ccc(C(=O)Nc2ccc(F)cc2F)cc1. The average molecular weight is 396 g/mol. The third kappa shape index (κ3) is 3.87. The summed E-state index contributed by atoms with van der Waals surface area (Å²) in [5, 5.41) is 6.80. The number of carbonyl (C=O) groups excluding carboxylic acids is 2. The summed E-state index contributed by atoms with van der Waals surface area (Å²) in [5.74, 6) is -1.29. The Bertz CT molecular complexity index is 1090. The number of fused-ring (bicyclic) bond motifs is 1. The fourth-order valence-electron chi connectivity index (χ4n) is 3.28. The standard InChI is InChI=1S/C21H18F2N4O2/c1-13-10-19-26(20(28)8-9-27(19)25-13)12-14-2-4-15(5-3-14)21(29)24-18-7-6-16(22)11-17(18)23/h2-7,10-11H,8-9,12H2,1H3,(H,24,29). The van der Waals surface area contributed by atoms with Gasteiger partial charge in [-0.1, -0.05) is 12.1 Å². The van der Waals surface area contributed by atoms with E-state index in [4.69, 9.17) is 0 Å². The Morgan fingerprint density at radius 1 is 1.14 bits per heavy atom. The minimum Gasteiger partial charge on any atom is -0.319 e. The minimum atomic E-state index is -0.842. The number of aromatic nitrogens is 2. The van der Waals surface area contributed by atoms with E-state index < -0.39 is 17.5 Å². The molecular weight excluding hydrogens is 378 g/mol. The summed E-state index contributed by atoms with van der Waals surface area (Å²) < 4.78 is 28.5. The predicted octanol–water partition coefficient (Wildman–Crippen LogP) is 3.66. The summed E-state index contributed by atoms with van der Waals surface area (Å²) in [6.45, 7) is 2.81. The van der Waals surface area contributed by atoms with Crippen LogP contribution in [0.5, 0.6) is 0 Å². The molecule has 148 valence electrons. The minimum absolute atomic E-state index is 0.0194. The highest BCUT2D eigenvalue weighted by atomic mass is 19.1. The van der Waals surface area contributed by atoms with Crippen molar-refractivity contribution < 1.29 is 18.4 Å². The molecule has 1 aliphatic heterocycles. The lowest BCUT2D eigenvalue weighted by atomic mass is 10.1. The van der Waals surface area contributed by atoms with Crippen LogP contribution >= 0.6 is 0 Å². The molecule has 0 saturated heterocycles. The molecule has 8 heteroatoms. The zero-order chi connectivity index (χ0) is 20.5. The van der Waals surface area contributed by atoms with Crippen LogP contribution in [-0.4, -0.2) is 21.6 Å². The summed E-state index contributed by atoms with van der Waals surface area (Å²) in [6.07, 6.45) is 0.387. The van der Waals surface area contributed by atoms with Gasteiger partial charge in [-0.05, 0) is 36.8 Å². The number of aryl methyl sites for hydroxylation is 2. The summed E-state index contributed by atoms with van der Waals surface area (Å²) in [4.78, 5) is 26.4. The van der Waals surface area contributed by atoms with Crippen LogP contribution in [-0.2, 0) is 17.9 Å². The van der Waals surface area contributed by atoms with Crippen molar-refractivity contribution in [3.63, 3.8) is 0 Å². The largest absolute Gasteiger partial charge is 0.319 e. The molecule has 6 nitrogen and oxygen atoms in total. The molecule has 4 rings (SSSR count). The normalized spacial score (nSPS) is 13.3. The van der Waals surface area contributed by atoms with Crippen molar-refractivity contribution in [2.75, 3.05) is 10.2 Å². The number of hydrogen-bond donors (Lipinski definition) is 1. The smallest absolute Gasteiger partial charge is 0.255 e. The highest BCUT2D eigenvalue weighted by Crippen LogP contribution is 2.24. The van der Waals surface area contributed by atoms with E-state index in [9.17, 15) is 18.4 Å². The number of nitrogens with one attached hydrogen (secondary N) is 1. The van der Waals surface area contributed by atoms with E-state index in [0.29, 0.717) is 31.1 Å².